The van der Waals surface area contributed by atoms with E-state index >= 15 is 0 Å². The summed E-state index contributed by atoms with van der Waals surface area (Å²) in [7, 11) is 0. The van der Waals surface area contributed by atoms with Crippen molar-refractivity contribution >= 4 is 5.97 Å². The number of benzene rings is 1. The maximum absolute atomic E-state index is 12.3. The Kier molecular flexibility index (Phi) is 5.01. The second-order valence-electron chi connectivity index (χ2n) is 6.67. The van der Waals surface area contributed by atoms with Crippen LogP contribution in [0.25, 0.3) is 0 Å². The van der Waals surface area contributed by atoms with Crippen molar-refractivity contribution in [3.05, 3.63) is 35.9 Å². The Labute approximate surface area is 126 Å². The smallest absolute Gasteiger partial charge is 0.315 e. The van der Waals surface area contributed by atoms with Gasteiger partial charge in [0.25, 0.3) is 0 Å². The maximum Gasteiger partial charge on any atom is 0.315 e. The van der Waals surface area contributed by atoms with Crippen LogP contribution in [0.15, 0.2) is 30.3 Å². The van der Waals surface area contributed by atoms with Gasteiger partial charge in [0.2, 0.25) is 0 Å². The number of hydrogen-bond acceptors (Lipinski definition) is 4. The first kappa shape index (κ1) is 16.0. The van der Waals surface area contributed by atoms with Crippen LogP contribution in [0.1, 0.15) is 32.8 Å². The normalized spacial score (nSPS) is 17.1. The number of hydrogen-bond donors (Lipinski definition) is 1. The lowest BCUT2D eigenvalue weighted by Gasteiger charge is -2.41. The first-order valence-corrected chi connectivity index (χ1v) is 7.47. The van der Waals surface area contributed by atoms with Crippen LogP contribution < -0.4 is 5.32 Å². The van der Waals surface area contributed by atoms with Crippen molar-refractivity contribution in [3.8, 4) is 0 Å². The Balaban J connectivity index is 1.78. The van der Waals surface area contributed by atoms with Crippen molar-refractivity contribution in [1.82, 2.24) is 5.32 Å². The van der Waals surface area contributed by atoms with E-state index in [2.05, 4.69) is 5.32 Å². The summed E-state index contributed by atoms with van der Waals surface area (Å²) in [4.78, 5) is 12.3. The zero-order chi connectivity index (χ0) is 15.3. The van der Waals surface area contributed by atoms with E-state index in [4.69, 9.17) is 9.47 Å². The molecular formula is C17H25NO3. The summed E-state index contributed by atoms with van der Waals surface area (Å²) in [6, 6.07) is 10.1. The molecule has 1 heterocycles. The van der Waals surface area contributed by atoms with E-state index in [1.165, 1.54) is 0 Å². The summed E-state index contributed by atoms with van der Waals surface area (Å²) < 4.78 is 11.2. The van der Waals surface area contributed by atoms with E-state index in [0.29, 0.717) is 32.7 Å². The third-order valence-corrected chi connectivity index (χ3v) is 3.60. The Morgan fingerprint density at radius 2 is 1.90 bits per heavy atom. The zero-order valence-corrected chi connectivity index (χ0v) is 13.1. The summed E-state index contributed by atoms with van der Waals surface area (Å²) in [5.41, 5.74) is 0.296. The standard InChI is InChI=1S/C17H25NO3/c1-16(2,3)21-15(19)17(12-18-13-17)9-10-20-11-14-7-5-4-6-8-14/h4-8,18H,9-13H2,1-3H3. The van der Waals surface area contributed by atoms with Crippen LogP contribution in [-0.2, 0) is 20.9 Å². The highest BCUT2D eigenvalue weighted by Crippen LogP contribution is 2.30. The third-order valence-electron chi connectivity index (χ3n) is 3.60. The minimum atomic E-state index is -0.440. The van der Waals surface area contributed by atoms with Gasteiger partial charge in [-0.2, -0.15) is 0 Å². The van der Waals surface area contributed by atoms with E-state index in [0.717, 1.165) is 5.56 Å². The molecule has 1 N–H and O–H groups in total. The van der Waals surface area contributed by atoms with Crippen LogP contribution in [0, 0.1) is 5.41 Å². The highest BCUT2D eigenvalue weighted by Gasteiger charge is 2.46. The third kappa shape index (κ3) is 4.55. The molecule has 0 saturated carbocycles. The highest BCUT2D eigenvalue weighted by atomic mass is 16.6. The monoisotopic (exact) mass is 291 g/mol. The summed E-state index contributed by atoms with van der Waals surface area (Å²) in [6.45, 7) is 8.20. The lowest BCUT2D eigenvalue weighted by molar-refractivity contribution is -0.172. The minimum absolute atomic E-state index is 0.114. The fraction of sp³-hybridized carbons (Fsp3) is 0.588. The summed E-state index contributed by atoms with van der Waals surface area (Å²) in [5.74, 6) is -0.114. The van der Waals surface area contributed by atoms with Crippen molar-refractivity contribution in [2.24, 2.45) is 5.41 Å². The van der Waals surface area contributed by atoms with Gasteiger partial charge in [-0.25, -0.2) is 0 Å². The lowest BCUT2D eigenvalue weighted by atomic mass is 9.78. The van der Waals surface area contributed by atoms with Gasteiger partial charge in [-0.15, -0.1) is 0 Å². The molecule has 1 aliphatic rings. The maximum atomic E-state index is 12.3. The predicted molar refractivity (Wildman–Crippen MR) is 81.9 cm³/mol. The van der Waals surface area contributed by atoms with Gasteiger partial charge in [-0.05, 0) is 32.8 Å². The molecule has 4 heteroatoms. The molecule has 21 heavy (non-hydrogen) atoms. The van der Waals surface area contributed by atoms with Crippen LogP contribution in [0.4, 0.5) is 0 Å². The van der Waals surface area contributed by atoms with Crippen molar-refractivity contribution in [2.75, 3.05) is 19.7 Å². The van der Waals surface area contributed by atoms with Gasteiger partial charge in [0, 0.05) is 19.7 Å². The van der Waals surface area contributed by atoms with E-state index in [1.54, 1.807) is 0 Å². The van der Waals surface area contributed by atoms with Gasteiger partial charge < -0.3 is 14.8 Å². The number of carbonyl (C=O) groups is 1. The molecule has 0 radical (unpaired) electrons. The fourth-order valence-corrected chi connectivity index (χ4v) is 2.27. The Morgan fingerprint density at radius 1 is 1.24 bits per heavy atom. The molecule has 0 atom stereocenters. The average Bonchev–Trinajstić information content (AvgIpc) is 2.36. The molecule has 1 aromatic carbocycles. The van der Waals surface area contributed by atoms with Gasteiger partial charge >= 0.3 is 5.97 Å². The largest absolute Gasteiger partial charge is 0.459 e. The summed E-state index contributed by atoms with van der Waals surface area (Å²) in [6.07, 6.45) is 0.696. The van der Waals surface area contributed by atoms with E-state index in [-0.39, 0.29) is 5.97 Å². The molecule has 1 fully saturated rings. The Bertz CT molecular complexity index is 461. The molecular weight excluding hydrogens is 266 g/mol. The van der Waals surface area contributed by atoms with Gasteiger partial charge in [0.05, 0.1) is 12.0 Å². The van der Waals surface area contributed by atoms with Gasteiger partial charge in [-0.1, -0.05) is 30.3 Å². The second kappa shape index (κ2) is 6.58. The molecule has 1 saturated heterocycles. The molecule has 0 spiro atoms. The first-order valence-electron chi connectivity index (χ1n) is 7.47. The predicted octanol–water partition coefficient (Wildman–Crippen LogP) is 2.52. The van der Waals surface area contributed by atoms with Crippen molar-refractivity contribution < 1.29 is 14.3 Å². The summed E-state index contributed by atoms with van der Waals surface area (Å²) in [5, 5.41) is 3.17. The van der Waals surface area contributed by atoms with Crippen LogP contribution in [-0.4, -0.2) is 31.3 Å². The first-order chi connectivity index (χ1) is 9.91. The fourth-order valence-electron chi connectivity index (χ4n) is 2.27. The number of nitrogens with one attached hydrogen (secondary N) is 1. The van der Waals surface area contributed by atoms with Crippen LogP contribution in [0.3, 0.4) is 0 Å². The minimum Gasteiger partial charge on any atom is -0.459 e. The van der Waals surface area contributed by atoms with Gasteiger partial charge in [-0.3, -0.25) is 4.79 Å². The van der Waals surface area contributed by atoms with Crippen molar-refractivity contribution in [1.29, 1.82) is 0 Å². The van der Waals surface area contributed by atoms with Gasteiger partial charge in [0.15, 0.2) is 0 Å². The molecule has 4 nitrogen and oxygen atoms in total. The Hall–Kier alpha value is -1.39. The molecule has 1 aromatic rings. The van der Waals surface area contributed by atoms with E-state index in [9.17, 15) is 4.79 Å². The lowest BCUT2D eigenvalue weighted by Crippen LogP contribution is -2.60. The summed E-state index contributed by atoms with van der Waals surface area (Å²) >= 11 is 0. The molecule has 116 valence electrons. The topological polar surface area (TPSA) is 47.6 Å². The molecule has 0 bridgehead atoms. The molecule has 0 aromatic heterocycles. The van der Waals surface area contributed by atoms with Crippen LogP contribution in [0.5, 0.6) is 0 Å². The van der Waals surface area contributed by atoms with Crippen molar-refractivity contribution in [3.63, 3.8) is 0 Å². The van der Waals surface area contributed by atoms with E-state index in [1.807, 2.05) is 51.1 Å². The number of rotatable bonds is 6. The molecule has 2 rings (SSSR count). The van der Waals surface area contributed by atoms with Gasteiger partial charge in [0.1, 0.15) is 5.60 Å². The molecule has 0 aliphatic carbocycles. The number of esters is 1. The number of ether oxygens (including phenoxy) is 2. The average molecular weight is 291 g/mol. The number of carbonyl (C=O) groups excluding carboxylic acids is 1. The molecule has 1 aliphatic heterocycles. The van der Waals surface area contributed by atoms with Crippen molar-refractivity contribution in [2.45, 2.75) is 39.4 Å². The molecule has 0 unspecified atom stereocenters. The van der Waals surface area contributed by atoms with Crippen LogP contribution in [0.2, 0.25) is 0 Å². The SMILES string of the molecule is CC(C)(C)OC(=O)C1(CCOCc2ccccc2)CNC1. The van der Waals surface area contributed by atoms with E-state index < -0.39 is 11.0 Å². The second-order valence-corrected chi connectivity index (χ2v) is 6.67. The zero-order valence-electron chi connectivity index (χ0n) is 13.1. The highest BCUT2D eigenvalue weighted by molar-refractivity contribution is 5.79. The quantitative estimate of drug-likeness (QED) is 0.646. The van der Waals surface area contributed by atoms with Crippen LogP contribution >= 0.6 is 0 Å². The Morgan fingerprint density at radius 3 is 2.43 bits per heavy atom. The molecule has 0 amide bonds.